The molecule has 1 N–H and O–H groups in total. The van der Waals surface area contributed by atoms with Gasteiger partial charge in [-0.05, 0) is 19.4 Å². The van der Waals surface area contributed by atoms with Crippen LogP contribution in [0, 0.1) is 0 Å². The summed E-state index contributed by atoms with van der Waals surface area (Å²) >= 11 is 0. The standard InChI is InChI=1S/C12H16O2/c1-3-4-9-14-12-8-6-5-7-11(12)10(2)13/h3,5-8,10,13H,1,4,9H2,2H3/t10-/m0/s1. The Morgan fingerprint density at radius 1 is 1.50 bits per heavy atom. The maximum Gasteiger partial charge on any atom is 0.125 e. The highest BCUT2D eigenvalue weighted by molar-refractivity contribution is 5.34. The highest BCUT2D eigenvalue weighted by atomic mass is 16.5. The van der Waals surface area contributed by atoms with Crippen molar-refractivity contribution in [1.29, 1.82) is 0 Å². The van der Waals surface area contributed by atoms with E-state index in [9.17, 15) is 5.11 Å². The van der Waals surface area contributed by atoms with Crippen molar-refractivity contribution in [3.05, 3.63) is 42.5 Å². The van der Waals surface area contributed by atoms with E-state index < -0.39 is 6.10 Å². The van der Waals surface area contributed by atoms with Crippen molar-refractivity contribution in [2.24, 2.45) is 0 Å². The van der Waals surface area contributed by atoms with Crippen LogP contribution in [0.4, 0.5) is 0 Å². The highest BCUT2D eigenvalue weighted by Gasteiger charge is 2.06. The molecule has 0 aromatic heterocycles. The van der Waals surface area contributed by atoms with Crippen LogP contribution in [0.25, 0.3) is 0 Å². The molecular weight excluding hydrogens is 176 g/mol. The second kappa shape index (κ2) is 5.45. The van der Waals surface area contributed by atoms with Gasteiger partial charge in [-0.2, -0.15) is 0 Å². The summed E-state index contributed by atoms with van der Waals surface area (Å²) in [4.78, 5) is 0. The predicted octanol–water partition coefficient (Wildman–Crippen LogP) is 2.69. The Hall–Kier alpha value is -1.28. The lowest BCUT2D eigenvalue weighted by atomic mass is 10.1. The summed E-state index contributed by atoms with van der Waals surface area (Å²) in [6.45, 7) is 5.96. The topological polar surface area (TPSA) is 29.5 Å². The summed E-state index contributed by atoms with van der Waals surface area (Å²) in [5.41, 5.74) is 0.830. The number of ether oxygens (including phenoxy) is 1. The van der Waals surface area contributed by atoms with Crippen LogP contribution >= 0.6 is 0 Å². The van der Waals surface area contributed by atoms with Gasteiger partial charge >= 0.3 is 0 Å². The fourth-order valence-corrected chi connectivity index (χ4v) is 1.21. The maximum absolute atomic E-state index is 9.46. The van der Waals surface area contributed by atoms with Crippen molar-refractivity contribution in [3.8, 4) is 5.75 Å². The van der Waals surface area contributed by atoms with E-state index in [4.69, 9.17) is 4.74 Å². The molecule has 2 heteroatoms. The normalized spacial score (nSPS) is 12.1. The van der Waals surface area contributed by atoms with Crippen molar-refractivity contribution in [3.63, 3.8) is 0 Å². The molecule has 1 aromatic carbocycles. The number of rotatable bonds is 5. The quantitative estimate of drug-likeness (QED) is 0.574. The van der Waals surface area contributed by atoms with Crippen LogP contribution in [-0.2, 0) is 0 Å². The smallest absolute Gasteiger partial charge is 0.125 e. The van der Waals surface area contributed by atoms with E-state index in [2.05, 4.69) is 6.58 Å². The molecule has 0 unspecified atom stereocenters. The van der Waals surface area contributed by atoms with Gasteiger partial charge in [0.15, 0.2) is 0 Å². The maximum atomic E-state index is 9.46. The molecule has 2 nitrogen and oxygen atoms in total. The van der Waals surface area contributed by atoms with Crippen molar-refractivity contribution in [1.82, 2.24) is 0 Å². The second-order valence-electron chi connectivity index (χ2n) is 3.14. The number of aliphatic hydroxyl groups is 1. The molecule has 14 heavy (non-hydrogen) atoms. The molecule has 76 valence electrons. The van der Waals surface area contributed by atoms with Crippen molar-refractivity contribution < 1.29 is 9.84 Å². The Balaban J connectivity index is 2.69. The molecule has 1 atom stereocenters. The van der Waals surface area contributed by atoms with Gasteiger partial charge in [0.2, 0.25) is 0 Å². The number of aliphatic hydroxyl groups excluding tert-OH is 1. The monoisotopic (exact) mass is 192 g/mol. The molecule has 0 aliphatic rings. The zero-order valence-electron chi connectivity index (χ0n) is 8.44. The lowest BCUT2D eigenvalue weighted by molar-refractivity contribution is 0.191. The molecular formula is C12H16O2. The molecule has 0 aliphatic heterocycles. The Kier molecular flexibility index (Phi) is 4.20. The summed E-state index contributed by atoms with van der Waals surface area (Å²) in [5.74, 6) is 0.754. The Morgan fingerprint density at radius 2 is 2.21 bits per heavy atom. The summed E-state index contributed by atoms with van der Waals surface area (Å²) < 4.78 is 5.51. The van der Waals surface area contributed by atoms with Crippen molar-refractivity contribution >= 4 is 0 Å². The largest absolute Gasteiger partial charge is 0.493 e. The molecule has 0 saturated heterocycles. The molecule has 0 bridgehead atoms. The average Bonchev–Trinajstić information content (AvgIpc) is 2.19. The van der Waals surface area contributed by atoms with E-state index in [1.54, 1.807) is 6.92 Å². The van der Waals surface area contributed by atoms with Gasteiger partial charge in [0.05, 0.1) is 12.7 Å². The second-order valence-corrected chi connectivity index (χ2v) is 3.14. The fourth-order valence-electron chi connectivity index (χ4n) is 1.21. The van der Waals surface area contributed by atoms with Gasteiger partial charge in [-0.3, -0.25) is 0 Å². The minimum Gasteiger partial charge on any atom is -0.493 e. The van der Waals surface area contributed by atoms with E-state index in [0.29, 0.717) is 6.61 Å². The fraction of sp³-hybridized carbons (Fsp3) is 0.333. The van der Waals surface area contributed by atoms with Crippen LogP contribution in [0.3, 0.4) is 0 Å². The Bertz CT molecular complexity index is 292. The minimum absolute atomic E-state index is 0.491. The molecule has 0 fully saturated rings. The summed E-state index contributed by atoms with van der Waals surface area (Å²) in [7, 11) is 0. The van der Waals surface area contributed by atoms with E-state index in [0.717, 1.165) is 17.7 Å². The van der Waals surface area contributed by atoms with Crippen LogP contribution in [0.1, 0.15) is 25.0 Å². The summed E-state index contributed by atoms with van der Waals surface area (Å²) in [6.07, 6.45) is 2.13. The van der Waals surface area contributed by atoms with Crippen LogP contribution in [0.2, 0.25) is 0 Å². The van der Waals surface area contributed by atoms with Crippen LogP contribution < -0.4 is 4.74 Å². The third kappa shape index (κ3) is 2.89. The molecule has 1 aromatic rings. The van der Waals surface area contributed by atoms with Gasteiger partial charge in [-0.15, -0.1) is 6.58 Å². The van der Waals surface area contributed by atoms with Gasteiger partial charge in [-0.1, -0.05) is 24.3 Å². The van der Waals surface area contributed by atoms with Gasteiger partial charge in [-0.25, -0.2) is 0 Å². The predicted molar refractivity (Wildman–Crippen MR) is 57.4 cm³/mol. The van der Waals surface area contributed by atoms with Crippen LogP contribution in [0.5, 0.6) is 5.75 Å². The number of hydrogen-bond donors (Lipinski definition) is 1. The zero-order valence-corrected chi connectivity index (χ0v) is 8.44. The number of para-hydroxylation sites is 1. The molecule has 1 rings (SSSR count). The van der Waals surface area contributed by atoms with Gasteiger partial charge in [0, 0.05) is 5.56 Å². The van der Waals surface area contributed by atoms with Gasteiger partial charge < -0.3 is 9.84 Å². The molecule has 0 radical (unpaired) electrons. The van der Waals surface area contributed by atoms with Crippen molar-refractivity contribution in [2.45, 2.75) is 19.4 Å². The summed E-state index contributed by atoms with van der Waals surface area (Å²) in [5, 5.41) is 9.46. The van der Waals surface area contributed by atoms with E-state index in [1.807, 2.05) is 30.3 Å². The van der Waals surface area contributed by atoms with E-state index in [-0.39, 0.29) is 0 Å². The molecule has 0 saturated carbocycles. The van der Waals surface area contributed by atoms with Gasteiger partial charge in [0.25, 0.3) is 0 Å². The molecule has 0 spiro atoms. The van der Waals surface area contributed by atoms with E-state index in [1.165, 1.54) is 0 Å². The van der Waals surface area contributed by atoms with E-state index >= 15 is 0 Å². The highest BCUT2D eigenvalue weighted by Crippen LogP contribution is 2.24. The Morgan fingerprint density at radius 3 is 2.86 bits per heavy atom. The lowest BCUT2D eigenvalue weighted by Crippen LogP contribution is -2.01. The average molecular weight is 192 g/mol. The third-order valence-corrected chi connectivity index (χ3v) is 1.95. The minimum atomic E-state index is -0.491. The first-order valence-corrected chi connectivity index (χ1v) is 4.76. The number of benzene rings is 1. The third-order valence-electron chi connectivity index (χ3n) is 1.95. The molecule has 0 amide bonds. The number of hydrogen-bond acceptors (Lipinski definition) is 2. The van der Waals surface area contributed by atoms with Crippen LogP contribution in [-0.4, -0.2) is 11.7 Å². The first-order valence-electron chi connectivity index (χ1n) is 4.76. The Labute approximate surface area is 84.8 Å². The zero-order chi connectivity index (χ0) is 10.4. The molecule has 0 heterocycles. The van der Waals surface area contributed by atoms with Gasteiger partial charge in [0.1, 0.15) is 5.75 Å². The first kappa shape index (κ1) is 10.8. The molecule has 0 aliphatic carbocycles. The lowest BCUT2D eigenvalue weighted by Gasteiger charge is -2.12. The first-order chi connectivity index (χ1) is 6.75. The van der Waals surface area contributed by atoms with Crippen LogP contribution in [0.15, 0.2) is 36.9 Å². The SMILES string of the molecule is C=CCCOc1ccccc1[C@H](C)O. The summed E-state index contributed by atoms with van der Waals surface area (Å²) in [6, 6.07) is 7.52. The van der Waals surface area contributed by atoms with Crippen molar-refractivity contribution in [2.75, 3.05) is 6.61 Å².